The van der Waals surface area contributed by atoms with Crippen molar-refractivity contribution >= 4 is 33.7 Å². The second-order valence-electron chi connectivity index (χ2n) is 6.98. The summed E-state index contributed by atoms with van der Waals surface area (Å²) in [6, 6.07) is 21.3. The summed E-state index contributed by atoms with van der Waals surface area (Å²) in [5.74, 6) is -0.713. The molecule has 152 valence electrons. The molecule has 0 atom stereocenters. The van der Waals surface area contributed by atoms with Crippen molar-refractivity contribution in [1.29, 1.82) is 0 Å². The molecule has 4 rings (SSSR count). The number of hydrogen-bond acceptors (Lipinski definition) is 4. The smallest absolute Gasteiger partial charge is 0.338 e. The van der Waals surface area contributed by atoms with E-state index in [4.69, 9.17) is 9.47 Å². The molecule has 0 amide bonds. The van der Waals surface area contributed by atoms with Gasteiger partial charge in [0, 0.05) is 28.4 Å². The van der Waals surface area contributed by atoms with E-state index in [1.807, 2.05) is 42.5 Å². The molecule has 4 aromatic rings. The van der Waals surface area contributed by atoms with E-state index >= 15 is 0 Å². The molecule has 5 nitrogen and oxygen atoms in total. The van der Waals surface area contributed by atoms with Crippen molar-refractivity contribution in [3.63, 3.8) is 0 Å². The predicted octanol–water partition coefficient (Wildman–Crippen LogP) is 5.20. The fourth-order valence-electron chi connectivity index (χ4n) is 3.72. The zero-order chi connectivity index (χ0) is 21.1. The Morgan fingerprint density at radius 1 is 0.733 bits per heavy atom. The highest BCUT2D eigenvalue weighted by Gasteiger charge is 2.17. The number of ether oxygens (including phenoxy) is 2. The summed E-state index contributed by atoms with van der Waals surface area (Å²) in [5, 5.41) is 1.80. The minimum Gasteiger partial charge on any atom is -0.462 e. The Morgan fingerprint density at radius 3 is 1.70 bits per heavy atom. The molecule has 0 spiro atoms. The number of aromatic nitrogens is 1. The summed E-state index contributed by atoms with van der Waals surface area (Å²) in [6.07, 6.45) is 0. The van der Waals surface area contributed by atoms with Crippen LogP contribution in [0.1, 0.15) is 40.1 Å². The summed E-state index contributed by atoms with van der Waals surface area (Å²) in [7, 11) is 0. The van der Waals surface area contributed by atoms with Crippen molar-refractivity contribution in [2.24, 2.45) is 0 Å². The average molecular weight is 401 g/mol. The first-order valence-electron chi connectivity index (χ1n) is 10.1. The summed E-state index contributed by atoms with van der Waals surface area (Å²) < 4.78 is 12.5. The fourth-order valence-corrected chi connectivity index (χ4v) is 3.72. The van der Waals surface area contributed by atoms with Gasteiger partial charge in [-0.05, 0) is 55.8 Å². The van der Waals surface area contributed by atoms with Crippen LogP contribution in [0.4, 0.5) is 0 Å². The van der Waals surface area contributed by atoms with Crippen LogP contribution in [0, 0.1) is 0 Å². The maximum Gasteiger partial charge on any atom is 0.338 e. The van der Waals surface area contributed by atoms with Gasteiger partial charge in [0.05, 0.1) is 24.3 Å². The highest BCUT2D eigenvalue weighted by Crippen LogP contribution is 2.32. The van der Waals surface area contributed by atoms with E-state index in [1.54, 1.807) is 26.0 Å². The molecule has 0 radical (unpaired) electrons. The monoisotopic (exact) mass is 401 g/mol. The standard InChI is InChI=1S/C25H23NO4/c1-3-29-24(27)18-10-12-22-20(14-18)21-15-19(25(28)30-4-2)11-13-23(21)26(22)16-17-8-6-5-7-9-17/h5-15H,3-4,16H2,1-2H3. The molecule has 0 aliphatic rings. The van der Waals surface area contributed by atoms with Gasteiger partial charge in [-0.1, -0.05) is 30.3 Å². The van der Waals surface area contributed by atoms with E-state index in [-0.39, 0.29) is 11.9 Å². The molecule has 0 aliphatic carbocycles. The van der Waals surface area contributed by atoms with Crippen molar-refractivity contribution in [2.75, 3.05) is 13.2 Å². The number of carbonyl (C=O) groups is 2. The topological polar surface area (TPSA) is 57.5 Å². The summed E-state index contributed by atoms with van der Waals surface area (Å²) in [5.41, 5.74) is 4.13. The van der Waals surface area contributed by atoms with Crippen LogP contribution in [0.2, 0.25) is 0 Å². The molecular formula is C25H23NO4. The van der Waals surface area contributed by atoms with E-state index in [0.29, 0.717) is 30.9 Å². The quantitative estimate of drug-likeness (QED) is 0.417. The minimum absolute atomic E-state index is 0.319. The highest BCUT2D eigenvalue weighted by molar-refractivity contribution is 6.12. The summed E-state index contributed by atoms with van der Waals surface area (Å²) in [6.45, 7) is 4.89. The number of hydrogen-bond donors (Lipinski definition) is 0. The van der Waals surface area contributed by atoms with E-state index < -0.39 is 0 Å². The third-order valence-electron chi connectivity index (χ3n) is 5.07. The van der Waals surface area contributed by atoms with Crippen LogP contribution < -0.4 is 0 Å². The Labute approximate surface area is 174 Å². The number of rotatable bonds is 6. The maximum atomic E-state index is 12.3. The van der Waals surface area contributed by atoms with Crippen LogP contribution in [0.5, 0.6) is 0 Å². The number of carbonyl (C=O) groups excluding carboxylic acids is 2. The lowest BCUT2D eigenvalue weighted by molar-refractivity contribution is 0.0517. The van der Waals surface area contributed by atoms with Crippen molar-refractivity contribution in [2.45, 2.75) is 20.4 Å². The van der Waals surface area contributed by atoms with Crippen molar-refractivity contribution in [1.82, 2.24) is 4.57 Å². The van der Waals surface area contributed by atoms with Crippen molar-refractivity contribution in [3.8, 4) is 0 Å². The number of nitrogens with zero attached hydrogens (tertiary/aromatic N) is 1. The fraction of sp³-hybridized carbons (Fsp3) is 0.200. The van der Waals surface area contributed by atoms with Crippen LogP contribution in [0.15, 0.2) is 66.7 Å². The molecule has 0 unspecified atom stereocenters. The van der Waals surface area contributed by atoms with Gasteiger partial charge < -0.3 is 14.0 Å². The van der Waals surface area contributed by atoms with Gasteiger partial charge in [0.15, 0.2) is 0 Å². The average Bonchev–Trinajstić information content (AvgIpc) is 3.07. The number of esters is 2. The third kappa shape index (κ3) is 3.66. The van der Waals surface area contributed by atoms with E-state index in [0.717, 1.165) is 21.8 Å². The second-order valence-corrected chi connectivity index (χ2v) is 6.98. The molecule has 3 aromatic carbocycles. The largest absolute Gasteiger partial charge is 0.462 e. The number of benzene rings is 3. The predicted molar refractivity (Wildman–Crippen MR) is 117 cm³/mol. The molecule has 0 saturated heterocycles. The van der Waals surface area contributed by atoms with E-state index in [9.17, 15) is 9.59 Å². The zero-order valence-electron chi connectivity index (χ0n) is 17.1. The van der Waals surface area contributed by atoms with Gasteiger partial charge >= 0.3 is 11.9 Å². The lowest BCUT2D eigenvalue weighted by atomic mass is 10.1. The van der Waals surface area contributed by atoms with Crippen LogP contribution in [0.25, 0.3) is 21.8 Å². The first-order chi connectivity index (χ1) is 14.6. The minimum atomic E-state index is -0.357. The SMILES string of the molecule is CCOC(=O)c1ccc2c(c1)c1cc(C(=O)OCC)ccc1n2Cc1ccccc1. The van der Waals surface area contributed by atoms with Crippen LogP contribution >= 0.6 is 0 Å². The van der Waals surface area contributed by atoms with Crippen LogP contribution in [-0.2, 0) is 16.0 Å². The molecule has 0 aliphatic heterocycles. The molecule has 0 fully saturated rings. The van der Waals surface area contributed by atoms with Gasteiger partial charge in [0.1, 0.15) is 0 Å². The summed E-state index contributed by atoms with van der Waals surface area (Å²) in [4.78, 5) is 24.6. The molecule has 0 saturated carbocycles. The van der Waals surface area contributed by atoms with Crippen molar-refractivity contribution < 1.29 is 19.1 Å². The van der Waals surface area contributed by atoms with Crippen molar-refractivity contribution in [3.05, 3.63) is 83.4 Å². The normalized spacial score (nSPS) is 11.0. The molecule has 0 N–H and O–H groups in total. The highest BCUT2D eigenvalue weighted by atomic mass is 16.5. The Morgan fingerprint density at radius 2 is 1.23 bits per heavy atom. The number of fused-ring (bicyclic) bond motifs is 3. The first kappa shape index (κ1) is 19.7. The lowest BCUT2D eigenvalue weighted by Gasteiger charge is -2.08. The van der Waals surface area contributed by atoms with E-state index in [2.05, 4.69) is 16.7 Å². The Bertz CT molecular complexity index is 1150. The van der Waals surface area contributed by atoms with Gasteiger partial charge in [-0.25, -0.2) is 9.59 Å². The Kier molecular flexibility index (Phi) is 5.53. The molecule has 1 aromatic heterocycles. The second kappa shape index (κ2) is 8.41. The Hall–Kier alpha value is -3.60. The van der Waals surface area contributed by atoms with Crippen LogP contribution in [-0.4, -0.2) is 29.7 Å². The molecule has 5 heteroatoms. The van der Waals surface area contributed by atoms with Gasteiger partial charge in [-0.3, -0.25) is 0 Å². The maximum absolute atomic E-state index is 12.3. The molecule has 1 heterocycles. The summed E-state index contributed by atoms with van der Waals surface area (Å²) >= 11 is 0. The molecule has 0 bridgehead atoms. The molecule has 30 heavy (non-hydrogen) atoms. The lowest BCUT2D eigenvalue weighted by Crippen LogP contribution is -2.04. The van der Waals surface area contributed by atoms with Gasteiger partial charge in [0.25, 0.3) is 0 Å². The Balaban J connectivity index is 1.92. The van der Waals surface area contributed by atoms with Gasteiger partial charge in [-0.15, -0.1) is 0 Å². The molecular weight excluding hydrogens is 378 g/mol. The van der Waals surface area contributed by atoms with Gasteiger partial charge in [0.2, 0.25) is 0 Å². The third-order valence-corrected chi connectivity index (χ3v) is 5.07. The van der Waals surface area contributed by atoms with Crippen LogP contribution in [0.3, 0.4) is 0 Å². The van der Waals surface area contributed by atoms with E-state index in [1.165, 1.54) is 5.56 Å². The van der Waals surface area contributed by atoms with Gasteiger partial charge in [-0.2, -0.15) is 0 Å². The first-order valence-corrected chi connectivity index (χ1v) is 10.1. The zero-order valence-corrected chi connectivity index (χ0v) is 17.1.